The molecule has 170 valence electrons. The molecule has 4 N–H and O–H groups in total. The fourth-order valence-corrected chi connectivity index (χ4v) is 2.74. The Morgan fingerprint density at radius 1 is 0.938 bits per heavy atom. The summed E-state index contributed by atoms with van der Waals surface area (Å²) in [5.41, 5.74) is 1.58. The molecule has 10 heteroatoms. The van der Waals surface area contributed by atoms with Gasteiger partial charge in [0.25, 0.3) is 5.91 Å². The van der Waals surface area contributed by atoms with E-state index in [0.29, 0.717) is 16.3 Å². The molecule has 0 saturated carbocycles. The van der Waals surface area contributed by atoms with Gasteiger partial charge >= 0.3 is 12.0 Å². The zero-order chi connectivity index (χ0) is 23.7. The van der Waals surface area contributed by atoms with Crippen LogP contribution in [0.1, 0.15) is 29.8 Å². The van der Waals surface area contributed by atoms with Gasteiger partial charge in [0.2, 0.25) is 5.91 Å². The molecule has 2 aromatic carbocycles. The summed E-state index contributed by atoms with van der Waals surface area (Å²) < 4.78 is 5.01. The van der Waals surface area contributed by atoms with Crippen molar-refractivity contribution in [1.29, 1.82) is 0 Å². The highest BCUT2D eigenvalue weighted by molar-refractivity contribution is 6.31. The van der Waals surface area contributed by atoms with Crippen LogP contribution in [0.25, 0.3) is 0 Å². The van der Waals surface area contributed by atoms with Crippen molar-refractivity contribution in [3.63, 3.8) is 0 Å². The van der Waals surface area contributed by atoms with Crippen molar-refractivity contribution in [2.45, 2.75) is 26.8 Å². The van der Waals surface area contributed by atoms with Crippen LogP contribution in [0.15, 0.2) is 42.5 Å². The number of benzene rings is 2. The minimum absolute atomic E-state index is 0.0854. The molecule has 4 amide bonds. The lowest BCUT2D eigenvalue weighted by Gasteiger charge is -2.13. The Kier molecular flexibility index (Phi) is 9.03. The average Bonchev–Trinajstić information content (AvgIpc) is 2.73. The van der Waals surface area contributed by atoms with Gasteiger partial charge in [0.05, 0.1) is 17.8 Å². The predicted octanol–water partition coefficient (Wildman–Crippen LogP) is 3.09. The molecule has 0 fully saturated rings. The molecule has 0 unspecified atom stereocenters. The van der Waals surface area contributed by atoms with Crippen LogP contribution in [0.2, 0.25) is 5.02 Å². The first kappa shape index (κ1) is 24.7. The minimum atomic E-state index is -0.792. The van der Waals surface area contributed by atoms with Crippen LogP contribution in [0, 0.1) is 6.92 Å². The first-order valence-corrected chi connectivity index (χ1v) is 10.2. The Hall–Kier alpha value is -3.59. The third-order valence-corrected chi connectivity index (χ3v) is 4.55. The van der Waals surface area contributed by atoms with E-state index in [1.165, 1.54) is 6.07 Å². The number of amides is 4. The zero-order valence-electron chi connectivity index (χ0n) is 18.0. The molecule has 0 heterocycles. The molecule has 0 atom stereocenters. The van der Waals surface area contributed by atoms with Crippen molar-refractivity contribution in [2.24, 2.45) is 0 Å². The fraction of sp³-hybridized carbons (Fsp3) is 0.273. The van der Waals surface area contributed by atoms with E-state index in [0.717, 1.165) is 0 Å². The maximum absolute atomic E-state index is 12.4. The molecule has 9 nitrogen and oxygen atoms in total. The summed E-state index contributed by atoms with van der Waals surface area (Å²) in [6.45, 7) is 4.46. The fourth-order valence-electron chi connectivity index (χ4n) is 2.57. The summed E-state index contributed by atoms with van der Waals surface area (Å²) in [6.07, 6.45) is 0. The lowest BCUT2D eigenvalue weighted by Crippen LogP contribution is -2.36. The summed E-state index contributed by atoms with van der Waals surface area (Å²) in [6, 6.07) is 10.8. The monoisotopic (exact) mass is 460 g/mol. The molecule has 0 saturated heterocycles. The van der Waals surface area contributed by atoms with Gasteiger partial charge in [0.1, 0.15) is 0 Å². The number of nitrogens with one attached hydrogen (secondary N) is 4. The number of hydrogen-bond donors (Lipinski definition) is 4. The number of anilines is 2. The minimum Gasteiger partial charge on any atom is -0.452 e. The molecule has 0 bridgehead atoms. The second kappa shape index (κ2) is 11.7. The van der Waals surface area contributed by atoms with E-state index in [9.17, 15) is 19.2 Å². The number of rotatable bonds is 8. The molecular formula is C22H25ClN4O5. The zero-order valence-corrected chi connectivity index (χ0v) is 18.7. The van der Waals surface area contributed by atoms with Gasteiger partial charge in [-0.2, -0.15) is 0 Å². The molecule has 0 aliphatic carbocycles. The van der Waals surface area contributed by atoms with E-state index in [1.54, 1.807) is 57.2 Å². The van der Waals surface area contributed by atoms with Crippen molar-refractivity contribution in [1.82, 2.24) is 10.6 Å². The third kappa shape index (κ3) is 7.59. The standard InChI is InChI=1S/C22H25ClN4O5/c1-13(2)25-22(31)27-18-9-5-4-7-15(18)21(30)32-12-20(29)24-11-19(28)26-17-10-6-8-16(23)14(17)3/h4-10,13H,11-12H2,1-3H3,(H,24,29)(H,26,28)(H2,25,27,31). The third-order valence-electron chi connectivity index (χ3n) is 4.14. The van der Waals surface area contributed by atoms with Crippen LogP contribution < -0.4 is 21.3 Å². The Morgan fingerprint density at radius 2 is 1.62 bits per heavy atom. The summed E-state index contributed by atoms with van der Waals surface area (Å²) in [4.78, 5) is 48.3. The summed E-state index contributed by atoms with van der Waals surface area (Å²) in [7, 11) is 0. The van der Waals surface area contributed by atoms with E-state index in [-0.39, 0.29) is 23.8 Å². The average molecular weight is 461 g/mol. The normalized spacial score (nSPS) is 10.3. The summed E-state index contributed by atoms with van der Waals surface area (Å²) in [5, 5.41) is 10.7. The van der Waals surface area contributed by atoms with Crippen molar-refractivity contribution in [2.75, 3.05) is 23.8 Å². The highest BCUT2D eigenvalue weighted by atomic mass is 35.5. The first-order valence-electron chi connectivity index (χ1n) is 9.82. The predicted molar refractivity (Wildman–Crippen MR) is 122 cm³/mol. The smallest absolute Gasteiger partial charge is 0.340 e. The Balaban J connectivity index is 1.84. The topological polar surface area (TPSA) is 126 Å². The lowest BCUT2D eigenvalue weighted by molar-refractivity contribution is -0.126. The van der Waals surface area contributed by atoms with Gasteiger partial charge in [-0.3, -0.25) is 9.59 Å². The second-order valence-corrected chi connectivity index (χ2v) is 7.52. The maximum atomic E-state index is 12.4. The Morgan fingerprint density at radius 3 is 2.34 bits per heavy atom. The molecule has 2 aromatic rings. The van der Waals surface area contributed by atoms with E-state index in [1.807, 2.05) is 0 Å². The molecule has 0 aromatic heterocycles. The van der Waals surface area contributed by atoms with Gasteiger partial charge in [-0.1, -0.05) is 29.8 Å². The van der Waals surface area contributed by atoms with Crippen LogP contribution in [0.5, 0.6) is 0 Å². The summed E-state index contributed by atoms with van der Waals surface area (Å²) in [5.74, 6) is -1.90. The molecule has 0 aliphatic rings. The number of halogens is 1. The first-order chi connectivity index (χ1) is 15.2. The largest absolute Gasteiger partial charge is 0.452 e. The molecule has 0 radical (unpaired) electrons. The van der Waals surface area contributed by atoms with Crippen molar-refractivity contribution in [3.8, 4) is 0 Å². The number of esters is 1. The number of urea groups is 1. The highest BCUT2D eigenvalue weighted by Crippen LogP contribution is 2.22. The summed E-state index contributed by atoms with van der Waals surface area (Å²) >= 11 is 6.01. The number of para-hydroxylation sites is 1. The van der Waals surface area contributed by atoms with Gasteiger partial charge < -0.3 is 26.0 Å². The number of hydrogen-bond acceptors (Lipinski definition) is 5. The van der Waals surface area contributed by atoms with E-state index < -0.39 is 30.4 Å². The second-order valence-electron chi connectivity index (χ2n) is 7.11. The van der Waals surface area contributed by atoms with E-state index in [4.69, 9.17) is 16.3 Å². The van der Waals surface area contributed by atoms with Crippen molar-refractivity contribution in [3.05, 3.63) is 58.6 Å². The van der Waals surface area contributed by atoms with Crippen LogP contribution in [0.3, 0.4) is 0 Å². The van der Waals surface area contributed by atoms with E-state index >= 15 is 0 Å². The molecule has 2 rings (SSSR count). The maximum Gasteiger partial charge on any atom is 0.340 e. The lowest BCUT2D eigenvalue weighted by atomic mass is 10.2. The molecular weight excluding hydrogens is 436 g/mol. The van der Waals surface area contributed by atoms with Gasteiger partial charge in [-0.05, 0) is 50.6 Å². The van der Waals surface area contributed by atoms with Gasteiger partial charge in [-0.25, -0.2) is 9.59 Å². The quantitative estimate of drug-likeness (QED) is 0.450. The van der Waals surface area contributed by atoms with Gasteiger partial charge in [0, 0.05) is 16.8 Å². The van der Waals surface area contributed by atoms with Crippen LogP contribution in [0.4, 0.5) is 16.2 Å². The highest BCUT2D eigenvalue weighted by Gasteiger charge is 2.16. The molecule has 32 heavy (non-hydrogen) atoms. The SMILES string of the molecule is Cc1c(Cl)cccc1NC(=O)CNC(=O)COC(=O)c1ccccc1NC(=O)NC(C)C. The van der Waals surface area contributed by atoms with Crippen LogP contribution >= 0.6 is 11.6 Å². The van der Waals surface area contributed by atoms with Crippen molar-refractivity contribution < 1.29 is 23.9 Å². The van der Waals surface area contributed by atoms with Crippen LogP contribution in [-0.2, 0) is 14.3 Å². The van der Waals surface area contributed by atoms with Crippen molar-refractivity contribution >= 4 is 46.8 Å². The van der Waals surface area contributed by atoms with Gasteiger partial charge in [0.15, 0.2) is 6.61 Å². The molecule has 0 spiro atoms. The number of carbonyl (C=O) groups excluding carboxylic acids is 4. The Labute approximate surface area is 190 Å². The number of carbonyl (C=O) groups is 4. The van der Waals surface area contributed by atoms with Crippen LogP contribution in [-0.4, -0.2) is 43.0 Å². The van der Waals surface area contributed by atoms with Gasteiger partial charge in [-0.15, -0.1) is 0 Å². The van der Waals surface area contributed by atoms with E-state index in [2.05, 4.69) is 21.3 Å². The Bertz CT molecular complexity index is 1010. The molecule has 0 aliphatic heterocycles. The number of ether oxygens (including phenoxy) is 1.